The Labute approximate surface area is 79.1 Å². The van der Waals surface area contributed by atoms with Crippen molar-refractivity contribution in [1.29, 1.82) is 0 Å². The van der Waals surface area contributed by atoms with E-state index in [1.165, 1.54) is 0 Å². The van der Waals surface area contributed by atoms with Gasteiger partial charge in [0.2, 0.25) is 0 Å². The summed E-state index contributed by atoms with van der Waals surface area (Å²) in [7, 11) is 4.99. The normalized spacial score (nSPS) is 39.7. The lowest BCUT2D eigenvalue weighted by Gasteiger charge is -2.20. The van der Waals surface area contributed by atoms with Gasteiger partial charge in [0, 0.05) is 21.3 Å². The van der Waals surface area contributed by atoms with E-state index in [0.717, 1.165) is 0 Å². The molecule has 1 rings (SSSR count). The first-order chi connectivity index (χ1) is 6.24. The Hall–Kier alpha value is -0.160. The molecule has 1 unspecified atom stereocenters. The highest BCUT2D eigenvalue weighted by molar-refractivity contribution is 4.90. The van der Waals surface area contributed by atoms with Gasteiger partial charge in [0.15, 0.2) is 0 Å². The molecule has 0 amide bonds. The summed E-state index contributed by atoms with van der Waals surface area (Å²) >= 11 is 0. The molecule has 13 heavy (non-hydrogen) atoms. The van der Waals surface area contributed by atoms with E-state index < -0.39 is 0 Å². The second kappa shape index (κ2) is 4.91. The van der Waals surface area contributed by atoms with E-state index >= 15 is 0 Å². The molecule has 0 aliphatic carbocycles. The van der Waals surface area contributed by atoms with Gasteiger partial charge < -0.3 is 18.9 Å². The summed E-state index contributed by atoms with van der Waals surface area (Å²) in [6.45, 7) is 2.53. The quantitative estimate of drug-likeness (QED) is 0.645. The summed E-state index contributed by atoms with van der Waals surface area (Å²) in [5.41, 5.74) is 0. The van der Waals surface area contributed by atoms with Crippen molar-refractivity contribution in [3.8, 4) is 0 Å². The third-order valence-electron chi connectivity index (χ3n) is 2.42. The van der Waals surface area contributed by atoms with Crippen molar-refractivity contribution in [2.24, 2.45) is 0 Å². The Balaban J connectivity index is 2.57. The van der Waals surface area contributed by atoms with Gasteiger partial charge in [-0.1, -0.05) is 0 Å². The molecule has 1 fully saturated rings. The van der Waals surface area contributed by atoms with Gasteiger partial charge in [-0.2, -0.15) is 0 Å². The van der Waals surface area contributed by atoms with Crippen LogP contribution in [-0.4, -0.2) is 52.4 Å². The van der Waals surface area contributed by atoms with E-state index in [9.17, 15) is 0 Å². The molecule has 1 saturated heterocycles. The average molecular weight is 190 g/mol. The SMILES string of the molecule is COC[C@H]1O[C@@H](C)[C@H](OC)C1OC. The maximum atomic E-state index is 5.63. The Bertz CT molecular complexity index is 151. The molecule has 0 aromatic rings. The van der Waals surface area contributed by atoms with Crippen molar-refractivity contribution < 1.29 is 18.9 Å². The summed E-state index contributed by atoms with van der Waals surface area (Å²) < 4.78 is 21.3. The third kappa shape index (κ3) is 2.20. The molecule has 0 N–H and O–H groups in total. The van der Waals surface area contributed by atoms with E-state index in [4.69, 9.17) is 18.9 Å². The number of methoxy groups -OCH3 is 3. The predicted octanol–water partition coefficient (Wildman–Crippen LogP) is 0.450. The van der Waals surface area contributed by atoms with Crippen LogP contribution in [0.25, 0.3) is 0 Å². The predicted molar refractivity (Wildman–Crippen MR) is 47.8 cm³/mol. The minimum Gasteiger partial charge on any atom is -0.382 e. The van der Waals surface area contributed by atoms with Crippen LogP contribution in [-0.2, 0) is 18.9 Å². The van der Waals surface area contributed by atoms with Gasteiger partial charge in [0.05, 0.1) is 12.7 Å². The van der Waals surface area contributed by atoms with Crippen LogP contribution in [0.1, 0.15) is 6.92 Å². The van der Waals surface area contributed by atoms with Gasteiger partial charge >= 0.3 is 0 Å². The summed E-state index contributed by atoms with van der Waals surface area (Å²) in [6.07, 6.45) is 0.0233. The molecule has 78 valence electrons. The molecule has 1 aliphatic heterocycles. The molecule has 0 aromatic heterocycles. The smallest absolute Gasteiger partial charge is 0.114 e. The van der Waals surface area contributed by atoms with Crippen LogP contribution in [0.2, 0.25) is 0 Å². The second-order valence-corrected chi connectivity index (χ2v) is 3.24. The fourth-order valence-electron chi connectivity index (χ4n) is 1.82. The molecular weight excluding hydrogens is 172 g/mol. The van der Waals surface area contributed by atoms with Gasteiger partial charge in [-0.25, -0.2) is 0 Å². The fourth-order valence-corrected chi connectivity index (χ4v) is 1.82. The standard InChI is InChI=1S/C9H18O4/c1-6-8(11-3)9(12-4)7(13-6)5-10-2/h6-9H,5H2,1-4H3/t6-,7+,8-,9?/m0/s1. The second-order valence-electron chi connectivity index (χ2n) is 3.24. The first-order valence-electron chi connectivity index (χ1n) is 4.44. The number of hydrogen-bond acceptors (Lipinski definition) is 4. The molecule has 0 saturated carbocycles. The van der Waals surface area contributed by atoms with Crippen LogP contribution in [0.15, 0.2) is 0 Å². The lowest BCUT2D eigenvalue weighted by Crippen LogP contribution is -2.37. The summed E-state index contributed by atoms with van der Waals surface area (Å²) in [6, 6.07) is 0. The van der Waals surface area contributed by atoms with Crippen molar-refractivity contribution in [3.63, 3.8) is 0 Å². The highest BCUT2D eigenvalue weighted by Crippen LogP contribution is 2.25. The van der Waals surface area contributed by atoms with E-state index in [0.29, 0.717) is 6.61 Å². The van der Waals surface area contributed by atoms with Crippen LogP contribution in [0, 0.1) is 0 Å². The highest BCUT2D eigenvalue weighted by Gasteiger charge is 2.42. The topological polar surface area (TPSA) is 36.9 Å². The molecular formula is C9H18O4. The van der Waals surface area contributed by atoms with E-state index in [1.54, 1.807) is 21.3 Å². The zero-order valence-corrected chi connectivity index (χ0v) is 8.65. The van der Waals surface area contributed by atoms with Crippen molar-refractivity contribution in [2.75, 3.05) is 27.9 Å². The first kappa shape index (κ1) is 10.9. The average Bonchev–Trinajstić information content (AvgIpc) is 2.41. The van der Waals surface area contributed by atoms with Crippen LogP contribution < -0.4 is 0 Å². The Morgan fingerprint density at radius 3 is 2.15 bits per heavy atom. The minimum absolute atomic E-state index is 0.00477. The molecule has 1 aliphatic rings. The van der Waals surface area contributed by atoms with Crippen LogP contribution in [0.4, 0.5) is 0 Å². The zero-order valence-electron chi connectivity index (χ0n) is 8.65. The summed E-state index contributed by atoms with van der Waals surface area (Å²) in [5, 5.41) is 0. The highest BCUT2D eigenvalue weighted by atomic mass is 16.6. The monoisotopic (exact) mass is 190 g/mol. The Morgan fingerprint density at radius 1 is 1.08 bits per heavy atom. The lowest BCUT2D eigenvalue weighted by atomic mass is 10.1. The molecule has 0 radical (unpaired) electrons. The number of hydrogen-bond donors (Lipinski definition) is 0. The van der Waals surface area contributed by atoms with Crippen molar-refractivity contribution in [2.45, 2.75) is 31.3 Å². The van der Waals surface area contributed by atoms with Crippen molar-refractivity contribution in [1.82, 2.24) is 0 Å². The largest absolute Gasteiger partial charge is 0.382 e. The Kier molecular flexibility index (Phi) is 4.12. The lowest BCUT2D eigenvalue weighted by molar-refractivity contribution is -0.0471. The van der Waals surface area contributed by atoms with Gasteiger partial charge in [0.1, 0.15) is 18.3 Å². The molecule has 4 atom stereocenters. The van der Waals surface area contributed by atoms with Crippen molar-refractivity contribution in [3.05, 3.63) is 0 Å². The summed E-state index contributed by atoms with van der Waals surface area (Å²) in [4.78, 5) is 0. The number of rotatable bonds is 4. The molecule has 1 heterocycles. The van der Waals surface area contributed by atoms with E-state index in [2.05, 4.69) is 0 Å². The molecule has 4 nitrogen and oxygen atoms in total. The zero-order chi connectivity index (χ0) is 9.84. The fraction of sp³-hybridized carbons (Fsp3) is 1.00. The van der Waals surface area contributed by atoms with Gasteiger partial charge in [-0.15, -0.1) is 0 Å². The minimum atomic E-state index is -0.0278. The molecule has 4 heteroatoms. The molecule has 0 aromatic carbocycles. The third-order valence-corrected chi connectivity index (χ3v) is 2.42. The molecule has 0 bridgehead atoms. The maximum absolute atomic E-state index is 5.63. The van der Waals surface area contributed by atoms with E-state index in [-0.39, 0.29) is 24.4 Å². The van der Waals surface area contributed by atoms with Gasteiger partial charge in [-0.3, -0.25) is 0 Å². The maximum Gasteiger partial charge on any atom is 0.114 e. The number of ether oxygens (including phenoxy) is 4. The first-order valence-corrected chi connectivity index (χ1v) is 4.44. The van der Waals surface area contributed by atoms with E-state index in [1.807, 2.05) is 6.92 Å². The van der Waals surface area contributed by atoms with Crippen LogP contribution in [0.5, 0.6) is 0 Å². The van der Waals surface area contributed by atoms with Crippen LogP contribution in [0.3, 0.4) is 0 Å². The van der Waals surface area contributed by atoms with Gasteiger partial charge in [-0.05, 0) is 6.92 Å². The van der Waals surface area contributed by atoms with Gasteiger partial charge in [0.25, 0.3) is 0 Å². The summed E-state index contributed by atoms with van der Waals surface area (Å²) in [5.74, 6) is 0. The Morgan fingerprint density at radius 2 is 1.69 bits per heavy atom. The molecule has 0 spiro atoms. The van der Waals surface area contributed by atoms with Crippen molar-refractivity contribution >= 4 is 0 Å². The van der Waals surface area contributed by atoms with Crippen LogP contribution >= 0.6 is 0 Å².